The van der Waals surface area contributed by atoms with Crippen LogP contribution < -0.4 is 20.2 Å². The predicted molar refractivity (Wildman–Crippen MR) is 111 cm³/mol. The number of rotatable bonds is 3. The maximum absolute atomic E-state index is 12.9. The van der Waals surface area contributed by atoms with E-state index < -0.39 is 5.91 Å². The van der Waals surface area contributed by atoms with Crippen molar-refractivity contribution in [2.24, 2.45) is 0 Å². The van der Waals surface area contributed by atoms with Gasteiger partial charge in [-0.25, -0.2) is 0 Å². The van der Waals surface area contributed by atoms with Gasteiger partial charge in [-0.15, -0.1) is 0 Å². The summed E-state index contributed by atoms with van der Waals surface area (Å²) >= 11 is 0. The zero-order chi connectivity index (χ0) is 19.8. The number of carbonyl (C=O) groups is 1. The maximum Gasteiger partial charge on any atom is 0.261 e. The fourth-order valence-corrected chi connectivity index (χ4v) is 3.43. The Hall–Kier alpha value is -4.06. The van der Waals surface area contributed by atoms with Crippen LogP contribution in [0.3, 0.4) is 0 Å². The highest BCUT2D eigenvalue weighted by Crippen LogP contribution is 2.38. The number of hydrogen-bond donors (Lipinski definition) is 2. The summed E-state index contributed by atoms with van der Waals surface area (Å²) in [5.74, 6) is 0.887. The maximum atomic E-state index is 12.9. The topological polar surface area (TPSA) is 80.4 Å². The Morgan fingerprint density at radius 1 is 0.931 bits per heavy atom. The number of fused-ring (bicyclic) bond motifs is 2. The van der Waals surface area contributed by atoms with Gasteiger partial charge in [0.25, 0.3) is 5.91 Å². The largest absolute Gasteiger partial charge is 0.454 e. The number of pyridine rings is 1. The van der Waals surface area contributed by atoms with Crippen LogP contribution in [0.5, 0.6) is 11.5 Å². The second-order valence-electron chi connectivity index (χ2n) is 6.64. The van der Waals surface area contributed by atoms with Crippen LogP contribution in [0, 0.1) is 0 Å². The molecule has 1 aliphatic rings. The molecule has 5 rings (SSSR count). The van der Waals surface area contributed by atoms with E-state index in [2.05, 4.69) is 10.3 Å². The van der Waals surface area contributed by atoms with Gasteiger partial charge in [-0.2, -0.15) is 0 Å². The molecule has 6 heteroatoms. The first-order valence-electron chi connectivity index (χ1n) is 9.11. The molecule has 0 aliphatic carbocycles. The lowest BCUT2D eigenvalue weighted by atomic mass is 10.0. The molecule has 0 fully saturated rings. The minimum absolute atomic E-state index is 0.0594. The summed E-state index contributed by atoms with van der Waals surface area (Å²) in [4.78, 5) is 28.6. The van der Waals surface area contributed by atoms with Gasteiger partial charge in [-0.3, -0.25) is 9.59 Å². The van der Waals surface area contributed by atoms with E-state index in [1.54, 1.807) is 24.3 Å². The molecule has 0 atom stereocenters. The Kier molecular flexibility index (Phi) is 4.02. The zero-order valence-electron chi connectivity index (χ0n) is 15.3. The van der Waals surface area contributed by atoms with Crippen molar-refractivity contribution in [1.29, 1.82) is 0 Å². The lowest BCUT2D eigenvalue weighted by molar-refractivity contribution is 0.102. The van der Waals surface area contributed by atoms with E-state index in [9.17, 15) is 9.59 Å². The Bertz CT molecular complexity index is 1310. The van der Waals surface area contributed by atoms with Gasteiger partial charge in [-0.05, 0) is 35.9 Å². The van der Waals surface area contributed by atoms with Crippen LogP contribution in [-0.2, 0) is 0 Å². The van der Waals surface area contributed by atoms with Crippen LogP contribution in [-0.4, -0.2) is 17.7 Å². The van der Waals surface area contributed by atoms with Gasteiger partial charge in [-0.1, -0.05) is 36.4 Å². The molecular weight excluding hydrogens is 368 g/mol. The van der Waals surface area contributed by atoms with Crippen molar-refractivity contribution in [3.05, 3.63) is 88.7 Å². The van der Waals surface area contributed by atoms with Gasteiger partial charge in [0.15, 0.2) is 11.5 Å². The molecule has 142 valence electrons. The normalized spacial score (nSPS) is 12.1. The van der Waals surface area contributed by atoms with Crippen LogP contribution >= 0.6 is 0 Å². The van der Waals surface area contributed by atoms with E-state index in [1.165, 1.54) is 6.20 Å². The molecule has 0 radical (unpaired) electrons. The number of benzene rings is 3. The highest BCUT2D eigenvalue weighted by Gasteiger charge is 2.17. The molecule has 0 bridgehead atoms. The van der Waals surface area contributed by atoms with Crippen molar-refractivity contribution in [1.82, 2.24) is 4.98 Å². The highest BCUT2D eigenvalue weighted by molar-refractivity contribution is 6.07. The van der Waals surface area contributed by atoms with Gasteiger partial charge in [0.2, 0.25) is 12.2 Å². The first kappa shape index (κ1) is 17.1. The Balaban J connectivity index is 1.51. The van der Waals surface area contributed by atoms with E-state index in [1.807, 2.05) is 42.5 Å². The average molecular weight is 384 g/mol. The molecule has 1 aliphatic heterocycles. The van der Waals surface area contributed by atoms with Crippen LogP contribution in [0.1, 0.15) is 10.4 Å². The van der Waals surface area contributed by atoms with Gasteiger partial charge >= 0.3 is 0 Å². The number of carbonyl (C=O) groups excluding carboxylic acids is 1. The third-order valence-corrected chi connectivity index (χ3v) is 4.89. The molecule has 0 unspecified atom stereocenters. The number of amides is 1. The van der Waals surface area contributed by atoms with Gasteiger partial charge in [0.05, 0.1) is 0 Å². The smallest absolute Gasteiger partial charge is 0.261 e. The fraction of sp³-hybridized carbons (Fsp3) is 0.0435. The number of nitrogens with one attached hydrogen (secondary N) is 2. The van der Waals surface area contributed by atoms with Crippen molar-refractivity contribution in [3.8, 4) is 22.6 Å². The molecule has 3 aromatic carbocycles. The number of aromatic amines is 1. The third-order valence-electron chi connectivity index (χ3n) is 4.89. The number of aromatic nitrogens is 1. The number of para-hydroxylation sites is 2. The summed E-state index contributed by atoms with van der Waals surface area (Å²) < 4.78 is 10.8. The lowest BCUT2D eigenvalue weighted by Crippen LogP contribution is -2.22. The number of hydrogen-bond acceptors (Lipinski definition) is 4. The second-order valence-corrected chi connectivity index (χ2v) is 6.64. The molecule has 1 aromatic heterocycles. The fourth-order valence-electron chi connectivity index (χ4n) is 3.43. The van der Waals surface area contributed by atoms with E-state index in [0.717, 1.165) is 11.1 Å². The summed E-state index contributed by atoms with van der Waals surface area (Å²) in [6.07, 6.45) is 1.45. The second kappa shape index (κ2) is 6.83. The van der Waals surface area contributed by atoms with Crippen LogP contribution in [0.15, 0.2) is 77.7 Å². The lowest BCUT2D eigenvalue weighted by Gasteiger charge is -2.12. The van der Waals surface area contributed by atoms with Gasteiger partial charge in [0.1, 0.15) is 5.56 Å². The SMILES string of the molecule is O=C(Nc1ccccc1-c1ccc2c(c1)OCO2)c1c[nH]c2ccccc2c1=O. The van der Waals surface area contributed by atoms with E-state index in [0.29, 0.717) is 28.1 Å². The molecular formula is C23H16N2O4. The van der Waals surface area contributed by atoms with E-state index >= 15 is 0 Å². The molecule has 0 saturated heterocycles. The van der Waals surface area contributed by atoms with Gasteiger partial charge < -0.3 is 19.8 Å². The van der Waals surface area contributed by atoms with Crippen molar-refractivity contribution < 1.29 is 14.3 Å². The minimum Gasteiger partial charge on any atom is -0.454 e. The minimum atomic E-state index is -0.467. The van der Waals surface area contributed by atoms with Crippen molar-refractivity contribution in [2.45, 2.75) is 0 Å². The van der Waals surface area contributed by atoms with Crippen LogP contribution in [0.4, 0.5) is 5.69 Å². The molecule has 29 heavy (non-hydrogen) atoms. The summed E-state index contributed by atoms with van der Waals surface area (Å²) in [5, 5.41) is 3.34. The van der Waals surface area contributed by atoms with E-state index in [-0.39, 0.29) is 17.8 Å². The van der Waals surface area contributed by atoms with E-state index in [4.69, 9.17) is 9.47 Å². The van der Waals surface area contributed by atoms with Crippen molar-refractivity contribution >= 4 is 22.5 Å². The summed E-state index contributed by atoms with van der Waals surface area (Å²) in [7, 11) is 0. The number of anilines is 1. The summed E-state index contributed by atoms with van der Waals surface area (Å²) in [6, 6.07) is 20.1. The Morgan fingerprint density at radius 3 is 2.66 bits per heavy atom. The molecule has 0 saturated carbocycles. The predicted octanol–water partition coefficient (Wildman–Crippen LogP) is 4.18. The molecule has 2 heterocycles. The average Bonchev–Trinajstić information content (AvgIpc) is 3.22. The van der Waals surface area contributed by atoms with Crippen molar-refractivity contribution in [2.75, 3.05) is 12.1 Å². The van der Waals surface area contributed by atoms with Crippen LogP contribution in [0.25, 0.3) is 22.0 Å². The standard InChI is InChI=1S/C23H16N2O4/c26-22-16-6-2-3-7-18(16)24-12-17(22)23(27)25-19-8-4-1-5-15(19)14-9-10-20-21(11-14)29-13-28-20/h1-12H,13H2,(H,24,26)(H,25,27). The Morgan fingerprint density at radius 2 is 1.72 bits per heavy atom. The molecule has 4 aromatic rings. The quantitative estimate of drug-likeness (QED) is 0.555. The molecule has 2 N–H and O–H groups in total. The molecule has 6 nitrogen and oxygen atoms in total. The number of ether oxygens (including phenoxy) is 2. The number of H-pyrrole nitrogens is 1. The highest BCUT2D eigenvalue weighted by atomic mass is 16.7. The van der Waals surface area contributed by atoms with Crippen molar-refractivity contribution in [3.63, 3.8) is 0 Å². The van der Waals surface area contributed by atoms with Gasteiger partial charge in [0, 0.05) is 28.4 Å². The monoisotopic (exact) mass is 384 g/mol. The molecule has 0 spiro atoms. The summed E-state index contributed by atoms with van der Waals surface area (Å²) in [6.45, 7) is 0.196. The molecule has 1 amide bonds. The van der Waals surface area contributed by atoms with Crippen LogP contribution in [0.2, 0.25) is 0 Å². The zero-order valence-corrected chi connectivity index (χ0v) is 15.3. The third kappa shape index (κ3) is 3.00. The Labute approximate surface area is 165 Å². The summed E-state index contributed by atoms with van der Waals surface area (Å²) in [5.41, 5.74) is 2.73. The first-order chi connectivity index (χ1) is 14.2. The first-order valence-corrected chi connectivity index (χ1v) is 9.11.